The van der Waals surface area contributed by atoms with Gasteiger partial charge in [-0.25, -0.2) is 8.42 Å². The van der Waals surface area contributed by atoms with Gasteiger partial charge in [-0.1, -0.05) is 30.3 Å². The minimum Gasteiger partial charge on any atom is -0.368 e. The Morgan fingerprint density at radius 1 is 1.10 bits per heavy atom. The number of hydrogen-bond donors (Lipinski definition) is 0. The lowest BCUT2D eigenvalue weighted by atomic mass is 10.0. The van der Waals surface area contributed by atoms with Crippen molar-refractivity contribution in [2.45, 2.75) is 17.2 Å². The summed E-state index contributed by atoms with van der Waals surface area (Å²) >= 11 is 0. The number of nitrogens with zero attached hydrogens (tertiary/aromatic N) is 3. The first-order chi connectivity index (χ1) is 14.8. The molecule has 1 saturated heterocycles. The van der Waals surface area contributed by atoms with Crippen LogP contribution in [0.3, 0.4) is 0 Å². The van der Waals surface area contributed by atoms with Crippen molar-refractivity contribution in [3.05, 3.63) is 76.5 Å². The molecular formula is C21H17N3O6S. The number of β-lactam (4-membered cyclic amide) rings is 1. The van der Waals surface area contributed by atoms with Crippen LogP contribution in [-0.4, -0.2) is 42.4 Å². The number of amides is 1. The van der Waals surface area contributed by atoms with E-state index in [9.17, 15) is 23.3 Å². The fourth-order valence-corrected chi connectivity index (χ4v) is 6.23. The first-order valence-corrected chi connectivity index (χ1v) is 11.2. The number of sulfone groups is 1. The highest BCUT2D eigenvalue weighted by Crippen LogP contribution is 2.48. The molecule has 3 heterocycles. The van der Waals surface area contributed by atoms with Gasteiger partial charge in [-0.05, 0) is 12.1 Å². The Hall–Kier alpha value is -3.50. The van der Waals surface area contributed by atoms with E-state index in [0.29, 0.717) is 22.6 Å². The van der Waals surface area contributed by atoms with E-state index < -0.39 is 32.1 Å². The third-order valence-corrected chi connectivity index (χ3v) is 7.56. The molecule has 3 aromatic rings. The lowest BCUT2D eigenvalue weighted by Crippen LogP contribution is -2.70. The Labute approximate surface area is 177 Å². The second-order valence-electron chi connectivity index (χ2n) is 7.42. The molecule has 1 amide bonds. The second-order valence-corrected chi connectivity index (χ2v) is 9.52. The van der Waals surface area contributed by atoms with Gasteiger partial charge >= 0.3 is 0 Å². The van der Waals surface area contributed by atoms with Crippen LogP contribution < -0.4 is 4.90 Å². The highest BCUT2D eigenvalue weighted by Gasteiger charge is 2.59. The monoisotopic (exact) mass is 439 g/mol. The summed E-state index contributed by atoms with van der Waals surface area (Å²) in [6, 6.07) is 15.3. The molecule has 2 atom stereocenters. The maximum Gasteiger partial charge on any atom is 0.269 e. The van der Waals surface area contributed by atoms with Gasteiger partial charge in [0.2, 0.25) is 0 Å². The van der Waals surface area contributed by atoms with Gasteiger partial charge < -0.3 is 9.30 Å². The van der Waals surface area contributed by atoms with Gasteiger partial charge in [0.1, 0.15) is 0 Å². The lowest BCUT2D eigenvalue weighted by Gasteiger charge is -2.47. The molecule has 2 aliphatic heterocycles. The summed E-state index contributed by atoms with van der Waals surface area (Å²) in [4.78, 5) is 24.6. The van der Waals surface area contributed by atoms with E-state index >= 15 is 0 Å². The van der Waals surface area contributed by atoms with Crippen molar-refractivity contribution in [3.63, 3.8) is 0 Å². The number of benzene rings is 2. The van der Waals surface area contributed by atoms with Crippen LogP contribution >= 0.6 is 0 Å². The third kappa shape index (κ3) is 2.79. The number of methoxy groups -OCH3 is 1. The third-order valence-electron chi connectivity index (χ3n) is 5.65. The van der Waals surface area contributed by atoms with Crippen molar-refractivity contribution in [1.29, 1.82) is 0 Å². The smallest absolute Gasteiger partial charge is 0.269 e. The molecule has 31 heavy (non-hydrogen) atoms. The average molecular weight is 439 g/mol. The molecule has 0 aliphatic carbocycles. The van der Waals surface area contributed by atoms with Gasteiger partial charge in [0.25, 0.3) is 11.6 Å². The van der Waals surface area contributed by atoms with Crippen molar-refractivity contribution in [2.75, 3.05) is 12.0 Å². The second kappa shape index (κ2) is 6.76. The zero-order valence-electron chi connectivity index (χ0n) is 16.3. The van der Waals surface area contributed by atoms with Crippen LogP contribution in [0.5, 0.6) is 0 Å². The molecule has 5 rings (SSSR count). The number of ether oxygens (including phenoxy) is 1. The minimum atomic E-state index is -3.64. The van der Waals surface area contributed by atoms with E-state index in [-0.39, 0.29) is 11.4 Å². The van der Waals surface area contributed by atoms with Crippen LogP contribution in [0.1, 0.15) is 5.56 Å². The summed E-state index contributed by atoms with van der Waals surface area (Å²) in [6.45, 7) is 0. The van der Waals surface area contributed by atoms with Crippen LogP contribution in [0.2, 0.25) is 0 Å². The molecule has 158 valence electrons. The SMILES string of the molecule is CO[C@H]1C(=O)N2c3c(cn(-c4ccc([N+](=O)[O-])cc4)c3-c3ccccc3)CS(=O)(=O)[C@H]12. The number of nitro benzene ring substituents is 1. The van der Waals surface area contributed by atoms with E-state index in [4.69, 9.17) is 4.74 Å². The molecule has 2 aliphatic rings. The Balaban J connectivity index is 1.75. The number of anilines is 1. The number of carbonyl (C=O) groups is 1. The number of hydrogen-bond acceptors (Lipinski definition) is 6. The molecular weight excluding hydrogens is 422 g/mol. The fourth-order valence-electron chi connectivity index (χ4n) is 4.28. The Morgan fingerprint density at radius 3 is 2.39 bits per heavy atom. The Kier molecular flexibility index (Phi) is 4.24. The Bertz CT molecular complexity index is 1320. The molecule has 1 fully saturated rings. The number of nitro groups is 1. The van der Waals surface area contributed by atoms with E-state index in [0.717, 1.165) is 5.56 Å². The normalized spacial score (nSPS) is 21.2. The zero-order chi connectivity index (χ0) is 21.9. The molecule has 0 radical (unpaired) electrons. The summed E-state index contributed by atoms with van der Waals surface area (Å²) in [7, 11) is -2.32. The summed E-state index contributed by atoms with van der Waals surface area (Å²) in [5.41, 5.74) is 3.02. The van der Waals surface area contributed by atoms with Crippen LogP contribution in [0, 0.1) is 10.1 Å². The molecule has 0 bridgehead atoms. The van der Waals surface area contributed by atoms with Gasteiger partial charge in [0.05, 0.1) is 22.1 Å². The number of fused-ring (bicyclic) bond motifs is 3. The minimum absolute atomic E-state index is 0.0505. The topological polar surface area (TPSA) is 112 Å². The van der Waals surface area contributed by atoms with Gasteiger partial charge in [0.15, 0.2) is 21.3 Å². The van der Waals surface area contributed by atoms with Crippen molar-refractivity contribution in [3.8, 4) is 16.9 Å². The quantitative estimate of drug-likeness (QED) is 0.351. The van der Waals surface area contributed by atoms with E-state index in [1.165, 1.54) is 24.1 Å². The molecule has 2 aromatic carbocycles. The summed E-state index contributed by atoms with van der Waals surface area (Å²) in [5.74, 6) is -0.633. The highest BCUT2D eigenvalue weighted by molar-refractivity contribution is 7.91. The number of aromatic nitrogens is 1. The molecule has 0 saturated carbocycles. The van der Waals surface area contributed by atoms with Crippen molar-refractivity contribution < 1.29 is 22.9 Å². The molecule has 10 heteroatoms. The standard InChI is InChI=1S/C21H17N3O6S/c1-30-19-20(25)23-18-14(12-31(28,29)21(19)23)11-22(17(18)13-5-3-2-4-6-13)15-7-9-16(10-8-15)24(26)27/h2-11,19,21H,12H2,1H3/t19-,21+/m0/s1. The maximum atomic E-state index is 12.9. The molecule has 0 unspecified atom stereocenters. The molecule has 9 nitrogen and oxygen atoms in total. The van der Waals surface area contributed by atoms with E-state index in [1.807, 2.05) is 30.3 Å². The van der Waals surface area contributed by atoms with Gasteiger partial charge in [-0.15, -0.1) is 0 Å². The van der Waals surface area contributed by atoms with E-state index in [2.05, 4.69) is 0 Å². The maximum absolute atomic E-state index is 12.9. The van der Waals surface area contributed by atoms with Crippen LogP contribution in [0.15, 0.2) is 60.8 Å². The molecule has 0 spiro atoms. The number of rotatable bonds is 4. The fraction of sp³-hybridized carbons (Fsp3) is 0.190. The summed E-state index contributed by atoms with van der Waals surface area (Å²) < 4.78 is 32.7. The number of carbonyl (C=O) groups excluding carboxylic acids is 1. The largest absolute Gasteiger partial charge is 0.368 e. The van der Waals surface area contributed by atoms with Gasteiger partial charge in [-0.2, -0.15) is 0 Å². The first-order valence-electron chi connectivity index (χ1n) is 9.45. The predicted octanol–water partition coefficient (Wildman–Crippen LogP) is 2.67. The molecule has 0 N–H and O–H groups in total. The highest BCUT2D eigenvalue weighted by atomic mass is 32.2. The van der Waals surface area contributed by atoms with Crippen LogP contribution in [-0.2, 0) is 25.1 Å². The molecule has 1 aromatic heterocycles. The number of non-ortho nitro benzene ring substituents is 1. The zero-order valence-corrected chi connectivity index (χ0v) is 17.2. The van der Waals surface area contributed by atoms with Crippen molar-refractivity contribution in [2.24, 2.45) is 0 Å². The lowest BCUT2D eigenvalue weighted by molar-refractivity contribution is -0.384. The Morgan fingerprint density at radius 2 is 1.77 bits per heavy atom. The van der Waals surface area contributed by atoms with Gasteiger partial charge in [0, 0.05) is 42.3 Å². The van der Waals surface area contributed by atoms with Crippen molar-refractivity contribution >= 4 is 27.1 Å². The van der Waals surface area contributed by atoms with Crippen LogP contribution in [0.4, 0.5) is 11.4 Å². The summed E-state index contributed by atoms with van der Waals surface area (Å²) in [6.07, 6.45) is 0.657. The predicted molar refractivity (Wildman–Crippen MR) is 113 cm³/mol. The van der Waals surface area contributed by atoms with E-state index in [1.54, 1.807) is 22.9 Å². The van der Waals surface area contributed by atoms with Crippen molar-refractivity contribution in [1.82, 2.24) is 4.57 Å². The van der Waals surface area contributed by atoms with Gasteiger partial charge in [-0.3, -0.25) is 19.8 Å². The summed E-state index contributed by atoms with van der Waals surface area (Å²) in [5, 5.41) is 9.96. The average Bonchev–Trinajstić information content (AvgIpc) is 3.11. The first kappa shape index (κ1) is 19.5. The van der Waals surface area contributed by atoms with Crippen LogP contribution in [0.25, 0.3) is 16.9 Å².